The predicted octanol–water partition coefficient (Wildman–Crippen LogP) is 3.32. The van der Waals surface area contributed by atoms with Gasteiger partial charge in [-0.3, -0.25) is 9.78 Å². The van der Waals surface area contributed by atoms with E-state index in [-0.39, 0.29) is 11.4 Å². The molecule has 0 bridgehead atoms. The van der Waals surface area contributed by atoms with Crippen molar-refractivity contribution in [2.24, 2.45) is 0 Å². The minimum Gasteiger partial charge on any atom is -0.480 e. The second-order valence-electron chi connectivity index (χ2n) is 7.72. The Morgan fingerprint density at radius 1 is 1.25 bits per heavy atom. The van der Waals surface area contributed by atoms with Gasteiger partial charge < -0.3 is 9.67 Å². The quantitative estimate of drug-likeness (QED) is 0.622. The van der Waals surface area contributed by atoms with E-state index in [0.29, 0.717) is 30.3 Å². The van der Waals surface area contributed by atoms with Crippen molar-refractivity contribution in [3.63, 3.8) is 0 Å². The third-order valence-corrected chi connectivity index (χ3v) is 7.78. The molecule has 0 amide bonds. The smallest absolute Gasteiger partial charge is 0.416 e. The van der Waals surface area contributed by atoms with Gasteiger partial charge in [0.2, 0.25) is 10.0 Å². The number of pyridine rings is 1. The molecule has 11 heteroatoms. The molecule has 0 fully saturated rings. The Labute approximate surface area is 182 Å². The molecule has 3 aromatic rings. The van der Waals surface area contributed by atoms with Gasteiger partial charge in [-0.25, -0.2) is 8.42 Å². The van der Waals surface area contributed by atoms with Gasteiger partial charge in [-0.05, 0) is 55.7 Å². The van der Waals surface area contributed by atoms with Gasteiger partial charge in [-0.15, -0.1) is 0 Å². The van der Waals surface area contributed by atoms with Gasteiger partial charge in [0.15, 0.2) is 0 Å². The van der Waals surface area contributed by atoms with Gasteiger partial charge in [-0.2, -0.15) is 17.5 Å². The van der Waals surface area contributed by atoms with Crippen molar-refractivity contribution in [2.45, 2.75) is 42.9 Å². The minimum absolute atomic E-state index is 0.217. The lowest BCUT2D eigenvalue weighted by Crippen LogP contribution is -2.40. The average molecular weight is 467 g/mol. The zero-order valence-electron chi connectivity index (χ0n) is 17.0. The molecule has 32 heavy (non-hydrogen) atoms. The van der Waals surface area contributed by atoms with E-state index < -0.39 is 33.8 Å². The molecule has 2 aromatic heterocycles. The molecule has 7 nitrogen and oxygen atoms in total. The zero-order valence-corrected chi connectivity index (χ0v) is 17.8. The van der Waals surface area contributed by atoms with Crippen LogP contribution in [-0.2, 0) is 40.4 Å². The fraction of sp³-hybridized carbons (Fsp3) is 0.333. The van der Waals surface area contributed by atoms with Crippen molar-refractivity contribution in [3.8, 4) is 0 Å². The molecule has 0 radical (unpaired) electrons. The summed E-state index contributed by atoms with van der Waals surface area (Å²) in [5.41, 5.74) is 2.01. The molecule has 0 aliphatic heterocycles. The number of hydrogen-bond acceptors (Lipinski definition) is 4. The summed E-state index contributed by atoms with van der Waals surface area (Å²) in [7, 11) is -2.61. The fourth-order valence-electron chi connectivity index (χ4n) is 4.24. The van der Waals surface area contributed by atoms with Crippen LogP contribution in [0.4, 0.5) is 13.2 Å². The van der Waals surface area contributed by atoms with Crippen molar-refractivity contribution in [1.82, 2.24) is 13.9 Å². The van der Waals surface area contributed by atoms with Gasteiger partial charge in [-0.1, -0.05) is 0 Å². The van der Waals surface area contributed by atoms with E-state index in [9.17, 15) is 31.5 Å². The van der Waals surface area contributed by atoms with Gasteiger partial charge >= 0.3 is 12.1 Å². The fourth-order valence-corrected chi connectivity index (χ4v) is 5.62. The van der Waals surface area contributed by atoms with Crippen LogP contribution in [0.3, 0.4) is 0 Å². The van der Waals surface area contributed by atoms with E-state index >= 15 is 0 Å². The Balaban J connectivity index is 1.65. The lowest BCUT2D eigenvalue weighted by atomic mass is 9.92. The Hall–Kier alpha value is -2.92. The van der Waals surface area contributed by atoms with E-state index in [1.54, 1.807) is 22.9 Å². The number of carboxylic acid groups (broad SMARTS) is 1. The number of carbonyl (C=O) groups is 1. The number of rotatable bonds is 5. The lowest BCUT2D eigenvalue weighted by Gasteiger charge is -2.31. The van der Waals surface area contributed by atoms with E-state index in [2.05, 4.69) is 4.98 Å². The zero-order chi connectivity index (χ0) is 23.3. The van der Waals surface area contributed by atoms with Crippen LogP contribution in [0.5, 0.6) is 0 Å². The van der Waals surface area contributed by atoms with Crippen LogP contribution in [0.15, 0.2) is 47.5 Å². The Kier molecular flexibility index (Phi) is 5.49. The molecule has 0 saturated heterocycles. The molecule has 1 atom stereocenters. The highest BCUT2D eigenvalue weighted by atomic mass is 32.2. The molecule has 170 valence electrons. The Bertz CT molecular complexity index is 1280. The standard InChI is InChI=1S/C21H20F3N3O4S/c1-26(32(30,31)15-7-4-13(5-8-15)21(22,23)24)14-6-9-17-16(11-14)20-18(3-2-10-25-20)27(17)12-19(28)29/h2-5,7-8,10,14H,6,9,11-12H2,1H3,(H,28,29). The van der Waals surface area contributed by atoms with Crippen LogP contribution in [0.25, 0.3) is 11.0 Å². The number of halogens is 3. The van der Waals surface area contributed by atoms with Crippen molar-refractivity contribution in [3.05, 3.63) is 59.4 Å². The molecule has 1 aliphatic carbocycles. The molecule has 2 heterocycles. The molecule has 1 unspecified atom stereocenters. The van der Waals surface area contributed by atoms with Crippen molar-refractivity contribution in [1.29, 1.82) is 0 Å². The monoisotopic (exact) mass is 467 g/mol. The van der Waals surface area contributed by atoms with Crippen molar-refractivity contribution < 1.29 is 31.5 Å². The first-order valence-electron chi connectivity index (χ1n) is 9.82. The van der Waals surface area contributed by atoms with Crippen LogP contribution in [-0.4, -0.2) is 46.4 Å². The molecule has 0 spiro atoms. The summed E-state index contributed by atoms with van der Waals surface area (Å²) in [5, 5.41) is 9.29. The number of aromatic nitrogens is 2. The summed E-state index contributed by atoms with van der Waals surface area (Å²) in [6.45, 7) is -0.220. The second-order valence-corrected chi connectivity index (χ2v) is 9.71. The van der Waals surface area contributed by atoms with Crippen LogP contribution in [0.1, 0.15) is 23.2 Å². The summed E-state index contributed by atoms with van der Waals surface area (Å²) in [4.78, 5) is 15.5. The number of sulfonamides is 1. The summed E-state index contributed by atoms with van der Waals surface area (Å²) < 4.78 is 67.4. The second kappa shape index (κ2) is 7.89. The van der Waals surface area contributed by atoms with Crippen LogP contribution in [0, 0.1) is 0 Å². The summed E-state index contributed by atoms with van der Waals surface area (Å²) in [5.74, 6) is -0.988. The van der Waals surface area contributed by atoms with E-state index in [0.717, 1.165) is 35.5 Å². The number of aliphatic carboxylic acids is 1. The third-order valence-electron chi connectivity index (χ3n) is 5.86. The molecule has 1 aromatic carbocycles. The molecule has 1 N–H and O–H groups in total. The van der Waals surface area contributed by atoms with Crippen LogP contribution >= 0.6 is 0 Å². The molecular formula is C21H20F3N3O4S. The molecule has 0 saturated carbocycles. The average Bonchev–Trinajstić information content (AvgIpc) is 3.05. The molecule has 4 rings (SSSR count). The first kappa shape index (κ1) is 22.3. The maximum absolute atomic E-state index is 13.1. The number of alkyl halides is 3. The van der Waals surface area contributed by atoms with E-state index in [4.69, 9.17) is 0 Å². The number of nitrogens with zero attached hydrogens (tertiary/aromatic N) is 3. The van der Waals surface area contributed by atoms with Crippen molar-refractivity contribution >= 4 is 27.0 Å². The highest BCUT2D eigenvalue weighted by Crippen LogP contribution is 2.34. The number of carboxylic acids is 1. The summed E-state index contributed by atoms with van der Waals surface area (Å²) >= 11 is 0. The largest absolute Gasteiger partial charge is 0.480 e. The summed E-state index contributed by atoms with van der Waals surface area (Å²) in [6.07, 6.45) is -1.73. The highest BCUT2D eigenvalue weighted by molar-refractivity contribution is 7.89. The molecular weight excluding hydrogens is 447 g/mol. The predicted molar refractivity (Wildman–Crippen MR) is 110 cm³/mol. The highest BCUT2D eigenvalue weighted by Gasteiger charge is 2.35. The number of hydrogen-bond donors (Lipinski definition) is 1. The Morgan fingerprint density at radius 2 is 1.94 bits per heavy atom. The number of fused-ring (bicyclic) bond motifs is 3. The maximum atomic E-state index is 13.1. The Morgan fingerprint density at radius 3 is 2.56 bits per heavy atom. The lowest BCUT2D eigenvalue weighted by molar-refractivity contribution is -0.138. The number of benzene rings is 1. The van der Waals surface area contributed by atoms with Crippen LogP contribution < -0.4 is 0 Å². The van der Waals surface area contributed by atoms with Gasteiger partial charge in [0, 0.05) is 30.5 Å². The summed E-state index contributed by atoms with van der Waals surface area (Å²) in [6, 6.07) is 6.48. The maximum Gasteiger partial charge on any atom is 0.416 e. The topological polar surface area (TPSA) is 92.5 Å². The van der Waals surface area contributed by atoms with Crippen LogP contribution in [0.2, 0.25) is 0 Å². The first-order chi connectivity index (χ1) is 15.0. The minimum atomic E-state index is -4.55. The van der Waals surface area contributed by atoms with Gasteiger partial charge in [0.1, 0.15) is 6.54 Å². The first-order valence-corrected chi connectivity index (χ1v) is 11.3. The molecule has 1 aliphatic rings. The van der Waals surface area contributed by atoms with E-state index in [1.807, 2.05) is 0 Å². The SMILES string of the molecule is CN(C1CCc2c(c3ncccc3n2CC(=O)O)C1)S(=O)(=O)c1ccc(C(F)(F)F)cc1. The van der Waals surface area contributed by atoms with Crippen molar-refractivity contribution in [2.75, 3.05) is 7.05 Å². The normalized spacial score (nSPS) is 17.0. The van der Waals surface area contributed by atoms with E-state index in [1.165, 1.54) is 11.4 Å². The van der Waals surface area contributed by atoms with Gasteiger partial charge in [0.05, 0.1) is 21.5 Å². The third kappa shape index (κ3) is 3.86. The number of likely N-dealkylation sites (N-methyl/N-ethyl adjacent to an activating group) is 1. The van der Waals surface area contributed by atoms with Gasteiger partial charge in [0.25, 0.3) is 0 Å².